The molecule has 0 heterocycles. The third-order valence-electron chi connectivity index (χ3n) is 18.3. The largest absolute Gasteiger partial charge is 0.379 e. The van der Waals surface area contributed by atoms with E-state index in [-0.39, 0.29) is 29.3 Å². The second kappa shape index (κ2) is 118. The summed E-state index contributed by atoms with van der Waals surface area (Å²) in [5.74, 6) is 3.08. The monoisotopic (exact) mass is 1640 g/mol. The molecule has 0 saturated heterocycles. The number of rotatable bonds is 73. The van der Waals surface area contributed by atoms with Crippen LogP contribution in [0.25, 0.3) is 0 Å². The van der Waals surface area contributed by atoms with Crippen LogP contribution in [0, 0.1) is 0 Å². The predicted octanol–water partition coefficient (Wildman–Crippen LogP) is 25.4. The molecule has 115 heavy (non-hydrogen) atoms. The number of amides is 3. The molecule has 0 aromatic rings. The fraction of sp³-hybridized carbons (Fsp3) is 0.876. The van der Waals surface area contributed by atoms with Gasteiger partial charge in [0.1, 0.15) is 52.0 Å². The highest BCUT2D eigenvalue weighted by Crippen LogP contribution is 2.13. The number of ether oxygens (including phenoxy) is 3. The lowest BCUT2D eigenvalue weighted by molar-refractivity contribution is -0.121. The number of hydrogen-bond acceptors (Lipinski definition) is 15. The fourth-order valence-electron chi connectivity index (χ4n) is 10.8. The molecular formula is C97H191N3O15. The van der Waals surface area contributed by atoms with E-state index in [1.807, 2.05) is 27.7 Å². The molecule has 684 valence electrons. The molecule has 0 rings (SSSR count). The van der Waals surface area contributed by atoms with E-state index in [4.69, 9.17) is 14.2 Å². The quantitative estimate of drug-likeness (QED) is 0.0478. The Labute approximate surface area is 710 Å². The first-order valence-corrected chi connectivity index (χ1v) is 47.2. The molecule has 3 amide bonds. The van der Waals surface area contributed by atoms with Crippen molar-refractivity contribution in [1.82, 2.24) is 16.0 Å². The summed E-state index contributed by atoms with van der Waals surface area (Å²) in [4.78, 5) is 128. The van der Waals surface area contributed by atoms with Crippen LogP contribution < -0.4 is 16.0 Å². The second-order valence-corrected chi connectivity index (χ2v) is 30.9. The third kappa shape index (κ3) is 165. The second-order valence-electron chi connectivity index (χ2n) is 30.9. The summed E-state index contributed by atoms with van der Waals surface area (Å²) in [6.45, 7) is 39.6. The maximum Gasteiger partial charge on any atom is 0.219 e. The first kappa shape index (κ1) is 128. The van der Waals surface area contributed by atoms with Crippen molar-refractivity contribution >= 4 is 69.8 Å². The average Bonchev–Trinajstić information content (AvgIpc) is 1.96. The van der Waals surface area contributed by atoms with Crippen molar-refractivity contribution in [3.63, 3.8) is 0 Å². The molecule has 0 unspecified atom stereocenters. The van der Waals surface area contributed by atoms with Crippen LogP contribution in [0.1, 0.15) is 497 Å². The lowest BCUT2D eigenvalue weighted by Crippen LogP contribution is -2.23. The number of Topliss-reactive ketones (excluding diaryl/α,β-unsaturated/α-hetero) is 9. The highest BCUT2D eigenvalue weighted by atomic mass is 16.5. The normalized spacial score (nSPS) is 10.1. The SMILES string of the molecule is CC(=O)CCCCCCCCC(C)=O.CCC(=O)CCCCCNC(=O)CC.CCC(=O)CCCOCCOCCOCCCC(=O)CC.CCCCC(C)=O.CCCCCCC(C)=O.CCCCCCCCCCC(C)=O.CCCCCCCCCCC(C)=O.CCCCCCCCCNC(C)=O.CCCCCCCNC(C)=O. The number of nitrogens with one attached hydrogen (secondary N) is 3. The Morgan fingerprint density at radius 1 is 0.183 bits per heavy atom. The number of hydrogen-bond donors (Lipinski definition) is 3. The van der Waals surface area contributed by atoms with Gasteiger partial charge in [-0.1, -0.05) is 281 Å². The summed E-state index contributed by atoms with van der Waals surface area (Å²) in [6.07, 6.45) is 63.5. The lowest BCUT2D eigenvalue weighted by atomic mass is 10.1. The number of carbonyl (C=O) groups is 12. The zero-order chi connectivity index (χ0) is 88.5. The molecule has 18 nitrogen and oxygen atoms in total. The summed E-state index contributed by atoms with van der Waals surface area (Å²) in [7, 11) is 0. The summed E-state index contributed by atoms with van der Waals surface area (Å²) in [6, 6.07) is 0. The van der Waals surface area contributed by atoms with Crippen molar-refractivity contribution < 1.29 is 71.7 Å². The third-order valence-corrected chi connectivity index (χ3v) is 18.3. The Hall–Kier alpha value is -4.68. The minimum atomic E-state index is 0.0838. The number of unbranched alkanes of at least 4 members (excludes halogenated alkanes) is 35. The Balaban J connectivity index is -0.000000159. The molecule has 0 atom stereocenters. The highest BCUT2D eigenvalue weighted by Gasteiger charge is 2.04. The number of carbonyl (C=O) groups excluding carboxylic acids is 12. The first-order chi connectivity index (χ1) is 55.2. The molecule has 0 saturated carbocycles. The molecule has 18 heteroatoms. The molecule has 0 radical (unpaired) electrons. The van der Waals surface area contributed by atoms with E-state index in [0.29, 0.717) is 125 Å². The standard InChI is InChI=1S/C16H30O5.C12H22O2.2C12H24O.C11H21NO2.C11H23NO.C9H19NO.C8H16O.C6H12O/c1-3-15(17)7-5-9-19-11-13-21-14-12-20-10-6-8-16(18)4-2;1-11(13)9-7-5-3-4-6-8-10-12(2)14;2*1-3-4-5-6-7-8-9-10-11-12(2)13;1-3-10(13)8-6-5-7-9-12-11(14)4-2;1-3-4-5-6-7-8-9-10-12-11(2)13;1-3-4-5-6-7-8-10-9(2)11;1-3-4-5-6-7-8(2)9;1-3-4-5-6(2)7/h3-14H2,1-2H3;3-10H2,1-2H3;2*3-11H2,1-2H3;3-9H2,1-2H3,(H,12,14);3-10H2,1-2H3,(H,12,13);3-8H2,1-2H3,(H,10,11);3-7H2,1-2H3;3-5H2,1-2H3. The smallest absolute Gasteiger partial charge is 0.219 e. The van der Waals surface area contributed by atoms with Crippen LogP contribution in [0.15, 0.2) is 0 Å². The summed E-state index contributed by atoms with van der Waals surface area (Å²) < 4.78 is 16.1. The molecular weight excluding hydrogens is 1450 g/mol. The molecule has 0 aliphatic rings. The van der Waals surface area contributed by atoms with Crippen molar-refractivity contribution in [3.8, 4) is 0 Å². The predicted molar refractivity (Wildman–Crippen MR) is 486 cm³/mol. The summed E-state index contributed by atoms with van der Waals surface area (Å²) in [5, 5.41) is 8.40. The maximum absolute atomic E-state index is 11.0. The van der Waals surface area contributed by atoms with Crippen molar-refractivity contribution in [2.75, 3.05) is 59.3 Å². The first-order valence-electron chi connectivity index (χ1n) is 47.2. The van der Waals surface area contributed by atoms with Crippen molar-refractivity contribution in [2.45, 2.75) is 497 Å². The van der Waals surface area contributed by atoms with Crippen LogP contribution in [0.4, 0.5) is 0 Å². The van der Waals surface area contributed by atoms with Crippen molar-refractivity contribution in [1.29, 1.82) is 0 Å². The fourth-order valence-corrected chi connectivity index (χ4v) is 10.8. The van der Waals surface area contributed by atoms with E-state index in [1.165, 1.54) is 186 Å². The topological polar surface area (TPSA) is 269 Å². The number of ketones is 9. The van der Waals surface area contributed by atoms with E-state index in [1.54, 1.807) is 55.4 Å². The zero-order valence-corrected chi connectivity index (χ0v) is 79.0. The van der Waals surface area contributed by atoms with Gasteiger partial charge in [0.25, 0.3) is 0 Å². The van der Waals surface area contributed by atoms with E-state index in [0.717, 1.165) is 161 Å². The van der Waals surface area contributed by atoms with Crippen LogP contribution >= 0.6 is 0 Å². The zero-order valence-electron chi connectivity index (χ0n) is 79.0. The molecule has 3 N–H and O–H groups in total. The molecule has 0 aromatic carbocycles. The molecule has 0 aromatic heterocycles. The maximum atomic E-state index is 11.0. The van der Waals surface area contributed by atoms with E-state index < -0.39 is 0 Å². The van der Waals surface area contributed by atoms with Crippen molar-refractivity contribution in [2.24, 2.45) is 0 Å². The van der Waals surface area contributed by atoms with Crippen LogP contribution in [0.2, 0.25) is 0 Å². The van der Waals surface area contributed by atoms with E-state index in [2.05, 4.69) is 57.5 Å². The van der Waals surface area contributed by atoms with Crippen molar-refractivity contribution in [3.05, 3.63) is 0 Å². The molecule has 0 fully saturated rings. The van der Waals surface area contributed by atoms with Crippen LogP contribution in [0.3, 0.4) is 0 Å². The average molecular weight is 1640 g/mol. The minimum absolute atomic E-state index is 0.0838. The van der Waals surface area contributed by atoms with Gasteiger partial charge in [0.2, 0.25) is 17.7 Å². The Morgan fingerprint density at radius 2 is 0.365 bits per heavy atom. The molecule has 0 spiro atoms. The van der Waals surface area contributed by atoms with Gasteiger partial charge in [-0.15, -0.1) is 0 Å². The Bertz CT molecular complexity index is 1980. The van der Waals surface area contributed by atoms with Crippen LogP contribution in [-0.4, -0.2) is 129 Å². The van der Waals surface area contributed by atoms with Gasteiger partial charge in [-0.2, -0.15) is 0 Å². The van der Waals surface area contributed by atoms with E-state index >= 15 is 0 Å². The van der Waals surface area contributed by atoms with Gasteiger partial charge < -0.3 is 58.9 Å². The Kier molecular flexibility index (Phi) is 132. The lowest BCUT2D eigenvalue weighted by Gasteiger charge is -2.06. The van der Waals surface area contributed by atoms with Gasteiger partial charge in [0, 0.05) is 130 Å². The van der Waals surface area contributed by atoms with Gasteiger partial charge in [0.15, 0.2) is 0 Å². The summed E-state index contributed by atoms with van der Waals surface area (Å²) >= 11 is 0. The van der Waals surface area contributed by atoms with Gasteiger partial charge in [0.05, 0.1) is 26.4 Å². The minimum Gasteiger partial charge on any atom is -0.379 e. The van der Waals surface area contributed by atoms with Gasteiger partial charge in [-0.25, -0.2) is 0 Å². The highest BCUT2D eigenvalue weighted by molar-refractivity contribution is 5.79. The van der Waals surface area contributed by atoms with Crippen LogP contribution in [0.5, 0.6) is 0 Å². The summed E-state index contributed by atoms with van der Waals surface area (Å²) in [5.41, 5.74) is 0. The Morgan fingerprint density at radius 3 is 0.583 bits per heavy atom. The van der Waals surface area contributed by atoms with Gasteiger partial charge in [-0.05, 0) is 119 Å². The van der Waals surface area contributed by atoms with Crippen LogP contribution in [-0.2, 0) is 71.7 Å². The molecule has 0 aliphatic heterocycles. The van der Waals surface area contributed by atoms with Gasteiger partial charge >= 0.3 is 0 Å². The molecule has 0 bridgehead atoms. The van der Waals surface area contributed by atoms with Gasteiger partial charge in [-0.3, -0.25) is 28.8 Å². The van der Waals surface area contributed by atoms with E-state index in [9.17, 15) is 57.5 Å². The molecule has 0 aliphatic carbocycles.